The number of aliphatic hydroxyl groups is 1. The summed E-state index contributed by atoms with van der Waals surface area (Å²) in [6.45, 7) is 11.2. The monoisotopic (exact) mass is 264 g/mol. The van der Waals surface area contributed by atoms with E-state index in [9.17, 15) is 5.11 Å². The van der Waals surface area contributed by atoms with E-state index in [-0.39, 0.29) is 0 Å². The molecule has 0 radical (unpaired) electrons. The van der Waals surface area contributed by atoms with Gasteiger partial charge in [-0.15, -0.1) is 0 Å². The van der Waals surface area contributed by atoms with Crippen molar-refractivity contribution in [2.45, 2.75) is 64.8 Å². The van der Waals surface area contributed by atoms with E-state index in [4.69, 9.17) is 0 Å². The lowest BCUT2D eigenvalue weighted by molar-refractivity contribution is 0.0293. The van der Waals surface area contributed by atoms with Crippen LogP contribution >= 0.6 is 0 Å². The van der Waals surface area contributed by atoms with Crippen LogP contribution in [-0.4, -0.2) is 13.2 Å². The van der Waals surface area contributed by atoms with Crippen LogP contribution in [0.15, 0.2) is 24.3 Å². The molecule has 1 N–H and O–H groups in total. The highest BCUT2D eigenvalue weighted by molar-refractivity contribution is 6.91. The third kappa shape index (κ3) is 2.70. The Labute approximate surface area is 113 Å². The zero-order valence-electron chi connectivity index (χ0n) is 12.6. The Morgan fingerprint density at radius 2 is 1.50 bits per heavy atom. The van der Waals surface area contributed by atoms with Gasteiger partial charge in [0.15, 0.2) is 0 Å². The minimum atomic E-state index is -1.42. The highest BCUT2D eigenvalue weighted by Gasteiger charge is 2.34. The van der Waals surface area contributed by atoms with Gasteiger partial charge < -0.3 is 5.11 Å². The molecule has 1 aromatic rings. The van der Waals surface area contributed by atoms with E-state index in [1.165, 1.54) is 22.8 Å². The van der Waals surface area contributed by atoms with Gasteiger partial charge in [0.05, 0.1) is 13.7 Å². The normalized spacial score (nSPS) is 12.8. The highest BCUT2D eigenvalue weighted by Crippen LogP contribution is 2.30. The molecule has 0 aromatic heterocycles. The largest absolute Gasteiger partial charge is 0.385 e. The van der Waals surface area contributed by atoms with Crippen molar-refractivity contribution in [3.8, 4) is 0 Å². The first kappa shape index (κ1) is 15.5. The van der Waals surface area contributed by atoms with Crippen LogP contribution in [0.5, 0.6) is 0 Å². The molecule has 0 amide bonds. The molecule has 1 nitrogen and oxygen atoms in total. The molecule has 0 fully saturated rings. The van der Waals surface area contributed by atoms with Crippen molar-refractivity contribution in [3.63, 3.8) is 0 Å². The Morgan fingerprint density at radius 3 is 1.94 bits per heavy atom. The van der Waals surface area contributed by atoms with Gasteiger partial charge in [0.2, 0.25) is 0 Å². The fourth-order valence-electron chi connectivity index (χ4n) is 2.68. The predicted molar refractivity (Wildman–Crippen MR) is 83.1 cm³/mol. The molecular weight excluding hydrogens is 236 g/mol. The summed E-state index contributed by atoms with van der Waals surface area (Å²) in [5, 5.41) is 12.3. The van der Waals surface area contributed by atoms with Crippen LogP contribution in [0.1, 0.15) is 46.1 Å². The van der Waals surface area contributed by atoms with E-state index < -0.39 is 13.7 Å². The molecule has 0 spiro atoms. The molecule has 0 bridgehead atoms. The number of rotatable bonds is 6. The Bertz CT molecular complexity index is 341. The molecule has 0 saturated heterocycles. The third-order valence-electron chi connectivity index (χ3n) is 4.81. The standard InChI is InChI=1S/C16H28OSi/c1-6-16(17,7-2)14-12-10-11-13-15(14)18(5,8-3)9-4/h10-13,17H,6-9H2,1-5H3. The minimum Gasteiger partial charge on any atom is -0.385 e. The molecule has 0 aliphatic carbocycles. The Kier molecular flexibility index (Phi) is 5.17. The van der Waals surface area contributed by atoms with E-state index in [0.29, 0.717) is 0 Å². The van der Waals surface area contributed by atoms with Crippen LogP contribution in [0, 0.1) is 0 Å². The summed E-state index contributed by atoms with van der Waals surface area (Å²) < 4.78 is 0. The molecule has 0 saturated carbocycles. The maximum Gasteiger partial charge on any atom is 0.0890 e. The first-order chi connectivity index (χ1) is 8.47. The fourth-order valence-corrected chi connectivity index (χ4v) is 5.40. The number of hydrogen-bond acceptors (Lipinski definition) is 1. The second-order valence-corrected chi connectivity index (χ2v) is 10.6. The first-order valence-corrected chi connectivity index (χ1v) is 10.2. The molecule has 0 atom stereocenters. The summed E-state index contributed by atoms with van der Waals surface area (Å²) in [6, 6.07) is 11.1. The van der Waals surface area contributed by atoms with Gasteiger partial charge in [-0.1, -0.05) is 75.8 Å². The average Bonchev–Trinajstić information content (AvgIpc) is 2.45. The number of hydrogen-bond donors (Lipinski definition) is 1. The van der Waals surface area contributed by atoms with Gasteiger partial charge in [-0.25, -0.2) is 0 Å². The summed E-state index contributed by atoms with van der Waals surface area (Å²) >= 11 is 0. The molecule has 1 rings (SSSR count). The van der Waals surface area contributed by atoms with Crippen molar-refractivity contribution < 1.29 is 5.11 Å². The van der Waals surface area contributed by atoms with Gasteiger partial charge in [0, 0.05) is 0 Å². The van der Waals surface area contributed by atoms with Gasteiger partial charge in [-0.05, 0) is 18.4 Å². The predicted octanol–water partition coefficient (Wildman–Crippen LogP) is 4.02. The van der Waals surface area contributed by atoms with Crippen LogP contribution in [0.4, 0.5) is 0 Å². The van der Waals surface area contributed by atoms with Crippen molar-refractivity contribution in [2.75, 3.05) is 0 Å². The molecule has 1 aromatic carbocycles. The van der Waals surface area contributed by atoms with Crippen LogP contribution < -0.4 is 5.19 Å². The maximum atomic E-state index is 10.9. The molecule has 0 aliphatic rings. The summed E-state index contributed by atoms with van der Waals surface area (Å²) in [5.74, 6) is 0. The van der Waals surface area contributed by atoms with Gasteiger partial charge in [0.25, 0.3) is 0 Å². The smallest absolute Gasteiger partial charge is 0.0890 e. The average molecular weight is 264 g/mol. The van der Waals surface area contributed by atoms with Crippen LogP contribution in [-0.2, 0) is 5.60 Å². The van der Waals surface area contributed by atoms with E-state index in [1.807, 2.05) is 0 Å². The van der Waals surface area contributed by atoms with Gasteiger partial charge >= 0.3 is 0 Å². The Balaban J connectivity index is 3.39. The summed E-state index contributed by atoms with van der Waals surface area (Å²) in [6.07, 6.45) is 1.58. The van der Waals surface area contributed by atoms with Crippen molar-refractivity contribution in [3.05, 3.63) is 29.8 Å². The fraction of sp³-hybridized carbons (Fsp3) is 0.625. The van der Waals surface area contributed by atoms with E-state index in [2.05, 4.69) is 58.5 Å². The quantitative estimate of drug-likeness (QED) is 0.769. The molecule has 0 unspecified atom stereocenters. The van der Waals surface area contributed by atoms with Gasteiger partial charge in [-0.3, -0.25) is 0 Å². The first-order valence-electron chi connectivity index (χ1n) is 7.29. The van der Waals surface area contributed by atoms with Crippen molar-refractivity contribution in [2.24, 2.45) is 0 Å². The minimum absolute atomic E-state index is 0.644. The van der Waals surface area contributed by atoms with Crippen LogP contribution in [0.2, 0.25) is 18.6 Å². The second kappa shape index (κ2) is 6.03. The molecule has 0 aliphatic heterocycles. The lowest BCUT2D eigenvalue weighted by atomic mass is 9.88. The van der Waals surface area contributed by atoms with Gasteiger partial charge in [0.1, 0.15) is 0 Å². The molecule has 0 heterocycles. The van der Waals surface area contributed by atoms with E-state index in [1.54, 1.807) is 0 Å². The lowest BCUT2D eigenvalue weighted by Crippen LogP contribution is -2.48. The van der Waals surface area contributed by atoms with Crippen molar-refractivity contribution >= 4 is 13.3 Å². The van der Waals surface area contributed by atoms with Crippen LogP contribution in [0.25, 0.3) is 0 Å². The van der Waals surface area contributed by atoms with E-state index >= 15 is 0 Å². The van der Waals surface area contributed by atoms with Gasteiger partial charge in [-0.2, -0.15) is 0 Å². The molecule has 2 heteroatoms. The summed E-state index contributed by atoms with van der Waals surface area (Å²) in [5.41, 5.74) is 0.544. The summed E-state index contributed by atoms with van der Waals surface area (Å²) in [4.78, 5) is 0. The SMILES string of the molecule is CCC(O)(CC)c1ccccc1[Si](C)(CC)CC. The van der Waals surface area contributed by atoms with Crippen LogP contribution in [0.3, 0.4) is 0 Å². The molecule has 102 valence electrons. The highest BCUT2D eigenvalue weighted by atomic mass is 28.3. The summed E-state index contributed by atoms with van der Waals surface area (Å²) in [7, 11) is -1.42. The second-order valence-electron chi connectivity index (χ2n) is 5.55. The Hall–Kier alpha value is -0.603. The van der Waals surface area contributed by atoms with Crippen molar-refractivity contribution in [1.29, 1.82) is 0 Å². The zero-order chi connectivity index (χ0) is 13.8. The third-order valence-corrected chi connectivity index (χ3v) is 9.67. The zero-order valence-corrected chi connectivity index (χ0v) is 13.6. The van der Waals surface area contributed by atoms with Crippen molar-refractivity contribution in [1.82, 2.24) is 0 Å². The Morgan fingerprint density at radius 1 is 1.00 bits per heavy atom. The topological polar surface area (TPSA) is 20.2 Å². The molecule has 18 heavy (non-hydrogen) atoms. The maximum absolute atomic E-state index is 10.9. The number of benzene rings is 1. The lowest BCUT2D eigenvalue weighted by Gasteiger charge is -2.34. The molecular formula is C16H28OSi. The van der Waals surface area contributed by atoms with E-state index in [0.717, 1.165) is 12.8 Å².